The molecule has 4 rings (SSSR count). The van der Waals surface area contributed by atoms with Gasteiger partial charge in [0.05, 0.1) is 30.9 Å². The van der Waals surface area contributed by atoms with Crippen LogP contribution in [0.1, 0.15) is 28.8 Å². The second-order valence-electron chi connectivity index (χ2n) is 8.13. The fourth-order valence-corrected chi connectivity index (χ4v) is 5.25. The number of carbonyl (C=O) groups excluding carboxylic acids is 1. The van der Waals surface area contributed by atoms with Crippen molar-refractivity contribution in [1.82, 2.24) is 9.80 Å². The summed E-state index contributed by atoms with van der Waals surface area (Å²) in [6.45, 7) is 4.52. The third kappa shape index (κ3) is 2.56. The Bertz CT molecular complexity index is 690. The van der Waals surface area contributed by atoms with Crippen LogP contribution in [-0.4, -0.2) is 68.3 Å². The first kappa shape index (κ1) is 16.9. The maximum atomic E-state index is 13.3. The number of benzene rings is 1. The van der Waals surface area contributed by atoms with Gasteiger partial charge in [0.1, 0.15) is 5.75 Å². The second-order valence-corrected chi connectivity index (χ2v) is 8.13. The number of ether oxygens (including phenoxy) is 2. The summed E-state index contributed by atoms with van der Waals surface area (Å²) in [4.78, 5) is 17.5. The van der Waals surface area contributed by atoms with Crippen molar-refractivity contribution in [3.8, 4) is 5.75 Å². The molecule has 0 saturated carbocycles. The summed E-state index contributed by atoms with van der Waals surface area (Å²) >= 11 is 0. The minimum absolute atomic E-state index is 0.0781. The summed E-state index contributed by atoms with van der Waals surface area (Å²) in [6, 6.07) is 5.77. The Morgan fingerprint density at radius 3 is 2.96 bits per heavy atom. The zero-order valence-electron chi connectivity index (χ0n) is 15.6. The summed E-state index contributed by atoms with van der Waals surface area (Å²) < 4.78 is 11.9. The standard InChI is InChI=1S/C20H28N2O3/c1-13-6-5-7-17(24-4)18(13)19(23)22-11-15-14(10-21(2)3)16-8-9-20(15,12-22)25-16/h5-7,14-16H,8-12H2,1-4H3/t14-,15+,16+,20+/m0/s1. The van der Waals surface area contributed by atoms with Crippen molar-refractivity contribution in [3.05, 3.63) is 29.3 Å². The minimum Gasteiger partial charge on any atom is -0.496 e. The molecule has 3 saturated heterocycles. The molecule has 5 heteroatoms. The van der Waals surface area contributed by atoms with Crippen LogP contribution in [0.3, 0.4) is 0 Å². The van der Waals surface area contributed by atoms with Gasteiger partial charge < -0.3 is 19.3 Å². The number of hydrogen-bond acceptors (Lipinski definition) is 4. The molecule has 136 valence electrons. The number of nitrogens with zero attached hydrogens (tertiary/aromatic N) is 2. The number of hydrogen-bond donors (Lipinski definition) is 0. The first-order valence-corrected chi connectivity index (χ1v) is 9.20. The van der Waals surface area contributed by atoms with Crippen molar-refractivity contribution in [2.24, 2.45) is 11.8 Å². The predicted octanol–water partition coefficient (Wildman–Crippen LogP) is 2.18. The number of amides is 1. The molecule has 0 aliphatic carbocycles. The van der Waals surface area contributed by atoms with Gasteiger partial charge in [0, 0.05) is 24.9 Å². The predicted molar refractivity (Wildman–Crippen MR) is 96.0 cm³/mol. The quantitative estimate of drug-likeness (QED) is 0.840. The summed E-state index contributed by atoms with van der Waals surface area (Å²) in [5, 5.41) is 0. The van der Waals surface area contributed by atoms with Crippen LogP contribution in [0, 0.1) is 18.8 Å². The van der Waals surface area contributed by atoms with Crippen LogP contribution in [0.2, 0.25) is 0 Å². The van der Waals surface area contributed by atoms with Crippen molar-refractivity contribution in [3.63, 3.8) is 0 Å². The van der Waals surface area contributed by atoms with Crippen molar-refractivity contribution in [2.45, 2.75) is 31.5 Å². The molecule has 2 bridgehead atoms. The highest BCUT2D eigenvalue weighted by Gasteiger charge is 2.63. The largest absolute Gasteiger partial charge is 0.496 e. The average Bonchev–Trinajstić information content (AvgIpc) is 3.23. The highest BCUT2D eigenvalue weighted by Crippen LogP contribution is 2.55. The van der Waals surface area contributed by atoms with Crippen molar-refractivity contribution >= 4 is 5.91 Å². The number of fused-ring (bicyclic) bond motifs is 1. The molecule has 3 heterocycles. The lowest BCUT2D eigenvalue weighted by molar-refractivity contribution is 0.00252. The monoisotopic (exact) mass is 344 g/mol. The van der Waals surface area contributed by atoms with Crippen LogP contribution in [0.15, 0.2) is 18.2 Å². The van der Waals surface area contributed by atoms with E-state index in [2.05, 4.69) is 19.0 Å². The van der Waals surface area contributed by atoms with Gasteiger partial charge in [0.2, 0.25) is 0 Å². The van der Waals surface area contributed by atoms with Crippen molar-refractivity contribution in [1.29, 1.82) is 0 Å². The number of aryl methyl sites for hydroxylation is 1. The molecule has 0 aromatic heterocycles. The van der Waals surface area contributed by atoms with Crippen LogP contribution >= 0.6 is 0 Å². The molecule has 1 amide bonds. The molecule has 1 aromatic rings. The molecule has 3 aliphatic rings. The maximum absolute atomic E-state index is 13.3. The Morgan fingerprint density at radius 2 is 2.24 bits per heavy atom. The molecule has 4 atom stereocenters. The normalized spacial score (nSPS) is 33.2. The zero-order chi connectivity index (χ0) is 17.8. The van der Waals surface area contributed by atoms with E-state index in [-0.39, 0.29) is 11.5 Å². The number of likely N-dealkylation sites (tertiary alicyclic amines) is 1. The van der Waals surface area contributed by atoms with Gasteiger partial charge in [-0.2, -0.15) is 0 Å². The molecule has 3 aliphatic heterocycles. The third-order valence-electron chi connectivity index (χ3n) is 6.32. The number of rotatable bonds is 4. The summed E-state index contributed by atoms with van der Waals surface area (Å²) in [5.41, 5.74) is 1.55. The fraction of sp³-hybridized carbons (Fsp3) is 0.650. The summed E-state index contributed by atoms with van der Waals surface area (Å²) in [5.74, 6) is 1.72. The first-order chi connectivity index (χ1) is 11.9. The fourth-order valence-electron chi connectivity index (χ4n) is 5.25. The Kier molecular flexibility index (Phi) is 4.04. The van der Waals surface area contributed by atoms with Gasteiger partial charge in [-0.3, -0.25) is 4.79 Å². The second kappa shape index (κ2) is 5.99. The molecule has 1 aromatic carbocycles. The van der Waals surface area contributed by atoms with Crippen LogP contribution < -0.4 is 4.74 Å². The smallest absolute Gasteiger partial charge is 0.258 e. The minimum atomic E-state index is -0.114. The lowest BCUT2D eigenvalue weighted by Gasteiger charge is -2.30. The van der Waals surface area contributed by atoms with Crippen LogP contribution in [0.5, 0.6) is 5.75 Å². The van der Waals surface area contributed by atoms with Gasteiger partial charge in [0.25, 0.3) is 5.91 Å². The van der Waals surface area contributed by atoms with Crippen molar-refractivity contribution in [2.75, 3.05) is 40.8 Å². The third-order valence-corrected chi connectivity index (χ3v) is 6.32. The molecule has 0 radical (unpaired) electrons. The highest BCUT2D eigenvalue weighted by atomic mass is 16.5. The average molecular weight is 344 g/mol. The van der Waals surface area contributed by atoms with E-state index in [4.69, 9.17) is 9.47 Å². The lowest BCUT2D eigenvalue weighted by atomic mass is 9.73. The van der Waals surface area contributed by atoms with Crippen LogP contribution in [-0.2, 0) is 4.74 Å². The Balaban J connectivity index is 1.60. The van der Waals surface area contributed by atoms with Crippen LogP contribution in [0.25, 0.3) is 0 Å². The van der Waals surface area contributed by atoms with Gasteiger partial charge in [-0.1, -0.05) is 12.1 Å². The number of methoxy groups -OCH3 is 1. The highest BCUT2D eigenvalue weighted by molar-refractivity contribution is 5.98. The van der Waals surface area contributed by atoms with Gasteiger partial charge in [-0.25, -0.2) is 0 Å². The molecule has 5 nitrogen and oxygen atoms in total. The van der Waals surface area contributed by atoms with E-state index in [1.165, 1.54) is 0 Å². The molecule has 0 N–H and O–H groups in total. The first-order valence-electron chi connectivity index (χ1n) is 9.20. The number of carbonyl (C=O) groups is 1. The molecule has 3 fully saturated rings. The molecular weight excluding hydrogens is 316 g/mol. The van der Waals surface area contributed by atoms with Gasteiger partial charge in [0.15, 0.2) is 0 Å². The van der Waals surface area contributed by atoms with Crippen molar-refractivity contribution < 1.29 is 14.3 Å². The Morgan fingerprint density at radius 1 is 1.44 bits per heavy atom. The van der Waals surface area contributed by atoms with E-state index in [0.717, 1.165) is 31.5 Å². The topological polar surface area (TPSA) is 42.0 Å². The zero-order valence-corrected chi connectivity index (χ0v) is 15.6. The molecular formula is C20H28N2O3. The maximum Gasteiger partial charge on any atom is 0.258 e. The van der Waals surface area contributed by atoms with E-state index in [0.29, 0.717) is 35.8 Å². The SMILES string of the molecule is COc1cccc(C)c1C(=O)N1C[C@@H]2[C@H](CN(C)C)[C@H]3CC[C@]2(C1)O3. The molecule has 25 heavy (non-hydrogen) atoms. The summed E-state index contributed by atoms with van der Waals surface area (Å²) in [6.07, 6.45) is 2.59. The Hall–Kier alpha value is -1.59. The van der Waals surface area contributed by atoms with E-state index < -0.39 is 0 Å². The summed E-state index contributed by atoms with van der Waals surface area (Å²) in [7, 11) is 5.87. The van der Waals surface area contributed by atoms with E-state index in [1.54, 1.807) is 7.11 Å². The Labute approximate surface area is 149 Å². The van der Waals surface area contributed by atoms with Gasteiger partial charge in [-0.05, 0) is 45.5 Å². The van der Waals surface area contributed by atoms with E-state index >= 15 is 0 Å². The van der Waals surface area contributed by atoms with Crippen LogP contribution in [0.4, 0.5) is 0 Å². The lowest BCUT2D eigenvalue weighted by Crippen LogP contribution is -2.40. The van der Waals surface area contributed by atoms with Gasteiger partial charge in [-0.15, -0.1) is 0 Å². The van der Waals surface area contributed by atoms with Gasteiger partial charge >= 0.3 is 0 Å². The molecule has 1 spiro atoms. The van der Waals surface area contributed by atoms with E-state index in [9.17, 15) is 4.79 Å². The molecule has 0 unspecified atom stereocenters. The van der Waals surface area contributed by atoms with E-state index in [1.807, 2.05) is 30.0 Å².